The fourth-order valence-electron chi connectivity index (χ4n) is 2.27. The zero-order valence-corrected chi connectivity index (χ0v) is 12.0. The van der Waals surface area contributed by atoms with Crippen LogP contribution >= 0.6 is 12.2 Å². The SMILES string of the molecule is S=C(NCCC1CCOCC1)NCc1ccccc1. The van der Waals surface area contributed by atoms with Crippen LogP contribution in [-0.4, -0.2) is 24.9 Å². The lowest BCUT2D eigenvalue weighted by molar-refractivity contribution is 0.0643. The van der Waals surface area contributed by atoms with Gasteiger partial charge in [0.2, 0.25) is 0 Å². The molecule has 104 valence electrons. The Kier molecular flexibility index (Phi) is 6.11. The third-order valence-electron chi connectivity index (χ3n) is 3.47. The molecular formula is C15H22N2OS. The van der Waals surface area contributed by atoms with Crippen molar-refractivity contribution in [3.8, 4) is 0 Å². The summed E-state index contributed by atoms with van der Waals surface area (Å²) in [7, 11) is 0. The van der Waals surface area contributed by atoms with Gasteiger partial charge in [-0.05, 0) is 43.0 Å². The first kappa shape index (κ1) is 14.3. The molecule has 0 spiro atoms. The first-order valence-corrected chi connectivity index (χ1v) is 7.39. The summed E-state index contributed by atoms with van der Waals surface area (Å²) in [5, 5.41) is 7.26. The maximum absolute atomic E-state index is 5.36. The van der Waals surface area contributed by atoms with E-state index < -0.39 is 0 Å². The highest BCUT2D eigenvalue weighted by Gasteiger charge is 2.12. The van der Waals surface area contributed by atoms with E-state index in [4.69, 9.17) is 17.0 Å². The van der Waals surface area contributed by atoms with Crippen LogP contribution in [0.25, 0.3) is 0 Å². The van der Waals surface area contributed by atoms with Gasteiger partial charge in [-0.25, -0.2) is 0 Å². The predicted octanol–water partition coefficient (Wildman–Crippen LogP) is 2.47. The Bertz CT molecular complexity index is 377. The van der Waals surface area contributed by atoms with Gasteiger partial charge in [0.05, 0.1) is 0 Å². The summed E-state index contributed by atoms with van der Waals surface area (Å²) in [6.45, 7) is 3.57. The van der Waals surface area contributed by atoms with Gasteiger partial charge in [0.15, 0.2) is 5.11 Å². The average molecular weight is 278 g/mol. The van der Waals surface area contributed by atoms with Crippen molar-refractivity contribution in [2.75, 3.05) is 19.8 Å². The second-order valence-corrected chi connectivity index (χ2v) is 5.35. The summed E-state index contributed by atoms with van der Waals surface area (Å²) in [5.41, 5.74) is 1.25. The van der Waals surface area contributed by atoms with Gasteiger partial charge in [-0.2, -0.15) is 0 Å². The Morgan fingerprint density at radius 1 is 1.16 bits per heavy atom. The lowest BCUT2D eigenvalue weighted by Gasteiger charge is -2.22. The molecule has 0 amide bonds. The molecule has 0 unspecified atom stereocenters. The van der Waals surface area contributed by atoms with E-state index in [1.807, 2.05) is 18.2 Å². The van der Waals surface area contributed by atoms with Crippen LogP contribution in [0.2, 0.25) is 0 Å². The largest absolute Gasteiger partial charge is 0.381 e. The zero-order valence-electron chi connectivity index (χ0n) is 11.2. The van der Waals surface area contributed by atoms with Gasteiger partial charge < -0.3 is 15.4 Å². The molecule has 0 radical (unpaired) electrons. The van der Waals surface area contributed by atoms with Crippen LogP contribution < -0.4 is 10.6 Å². The van der Waals surface area contributed by atoms with Crippen LogP contribution in [0.15, 0.2) is 30.3 Å². The highest BCUT2D eigenvalue weighted by molar-refractivity contribution is 7.80. The maximum Gasteiger partial charge on any atom is 0.166 e. The number of rotatable bonds is 5. The predicted molar refractivity (Wildman–Crippen MR) is 82.0 cm³/mol. The number of nitrogens with one attached hydrogen (secondary N) is 2. The van der Waals surface area contributed by atoms with E-state index >= 15 is 0 Å². The van der Waals surface area contributed by atoms with E-state index in [0.29, 0.717) is 0 Å². The molecule has 0 bridgehead atoms. The van der Waals surface area contributed by atoms with Crippen molar-refractivity contribution in [3.63, 3.8) is 0 Å². The van der Waals surface area contributed by atoms with Gasteiger partial charge in [0, 0.05) is 26.3 Å². The zero-order chi connectivity index (χ0) is 13.3. The van der Waals surface area contributed by atoms with E-state index in [-0.39, 0.29) is 0 Å². The van der Waals surface area contributed by atoms with Crippen LogP contribution in [0, 0.1) is 5.92 Å². The van der Waals surface area contributed by atoms with Crippen molar-refractivity contribution in [1.29, 1.82) is 0 Å². The van der Waals surface area contributed by atoms with E-state index in [9.17, 15) is 0 Å². The molecule has 0 aromatic heterocycles. The molecule has 0 aliphatic carbocycles. The molecule has 1 heterocycles. The molecule has 19 heavy (non-hydrogen) atoms. The van der Waals surface area contributed by atoms with E-state index in [0.717, 1.165) is 37.3 Å². The lowest BCUT2D eigenvalue weighted by atomic mass is 9.97. The number of benzene rings is 1. The average Bonchev–Trinajstić information content (AvgIpc) is 2.47. The van der Waals surface area contributed by atoms with Gasteiger partial charge in [-0.15, -0.1) is 0 Å². The van der Waals surface area contributed by atoms with Crippen molar-refractivity contribution in [1.82, 2.24) is 10.6 Å². The van der Waals surface area contributed by atoms with E-state index in [2.05, 4.69) is 22.8 Å². The highest BCUT2D eigenvalue weighted by Crippen LogP contribution is 2.17. The third kappa shape index (κ3) is 5.57. The first-order chi connectivity index (χ1) is 9.34. The monoisotopic (exact) mass is 278 g/mol. The molecular weight excluding hydrogens is 256 g/mol. The Balaban J connectivity index is 1.57. The fourth-order valence-corrected chi connectivity index (χ4v) is 2.44. The molecule has 1 aromatic carbocycles. The molecule has 1 aromatic rings. The topological polar surface area (TPSA) is 33.3 Å². The Morgan fingerprint density at radius 2 is 1.89 bits per heavy atom. The smallest absolute Gasteiger partial charge is 0.166 e. The number of hydrogen-bond donors (Lipinski definition) is 2. The van der Waals surface area contributed by atoms with Gasteiger partial charge in [-0.1, -0.05) is 30.3 Å². The molecule has 4 heteroatoms. The minimum Gasteiger partial charge on any atom is -0.381 e. The number of hydrogen-bond acceptors (Lipinski definition) is 2. The van der Waals surface area contributed by atoms with Crippen LogP contribution in [0.4, 0.5) is 0 Å². The van der Waals surface area contributed by atoms with Crippen LogP contribution in [0.3, 0.4) is 0 Å². The second kappa shape index (κ2) is 8.12. The van der Waals surface area contributed by atoms with Crippen LogP contribution in [-0.2, 0) is 11.3 Å². The molecule has 1 fully saturated rings. The lowest BCUT2D eigenvalue weighted by Crippen LogP contribution is -2.36. The third-order valence-corrected chi connectivity index (χ3v) is 3.76. The minimum atomic E-state index is 0.746. The molecule has 2 N–H and O–H groups in total. The molecule has 1 aliphatic rings. The van der Waals surface area contributed by atoms with E-state index in [1.54, 1.807) is 0 Å². The molecule has 1 aliphatic heterocycles. The van der Waals surface area contributed by atoms with Gasteiger partial charge in [0.25, 0.3) is 0 Å². The Morgan fingerprint density at radius 3 is 2.63 bits per heavy atom. The Labute approximate surface area is 120 Å². The van der Waals surface area contributed by atoms with Gasteiger partial charge in [0.1, 0.15) is 0 Å². The van der Waals surface area contributed by atoms with Crippen molar-refractivity contribution in [2.45, 2.75) is 25.8 Å². The summed E-state index contributed by atoms with van der Waals surface area (Å²) >= 11 is 5.27. The molecule has 2 rings (SSSR count). The minimum absolute atomic E-state index is 0.746. The van der Waals surface area contributed by atoms with Crippen LogP contribution in [0.1, 0.15) is 24.8 Å². The number of ether oxygens (including phenoxy) is 1. The first-order valence-electron chi connectivity index (χ1n) is 6.98. The van der Waals surface area contributed by atoms with Crippen molar-refractivity contribution in [3.05, 3.63) is 35.9 Å². The summed E-state index contributed by atoms with van der Waals surface area (Å²) < 4.78 is 5.36. The maximum atomic E-state index is 5.36. The van der Waals surface area contributed by atoms with Crippen molar-refractivity contribution >= 4 is 17.3 Å². The highest BCUT2D eigenvalue weighted by atomic mass is 32.1. The summed E-state index contributed by atoms with van der Waals surface area (Å²) in [6.07, 6.45) is 3.55. The Hall–Kier alpha value is -1.13. The fraction of sp³-hybridized carbons (Fsp3) is 0.533. The quantitative estimate of drug-likeness (QED) is 0.811. The summed E-state index contributed by atoms with van der Waals surface area (Å²) in [5.74, 6) is 0.790. The van der Waals surface area contributed by atoms with Gasteiger partial charge >= 0.3 is 0 Å². The molecule has 1 saturated heterocycles. The van der Waals surface area contributed by atoms with Crippen LogP contribution in [0.5, 0.6) is 0 Å². The second-order valence-electron chi connectivity index (χ2n) is 4.94. The van der Waals surface area contributed by atoms with Crippen molar-refractivity contribution < 1.29 is 4.74 Å². The van der Waals surface area contributed by atoms with Gasteiger partial charge in [-0.3, -0.25) is 0 Å². The normalized spacial score (nSPS) is 16.0. The standard InChI is InChI=1S/C15H22N2OS/c19-15(17-12-14-4-2-1-3-5-14)16-9-6-13-7-10-18-11-8-13/h1-5,13H,6-12H2,(H2,16,17,19). The number of thiocarbonyl (C=S) groups is 1. The molecule has 3 nitrogen and oxygen atoms in total. The summed E-state index contributed by atoms with van der Waals surface area (Å²) in [4.78, 5) is 0. The summed E-state index contributed by atoms with van der Waals surface area (Å²) in [6, 6.07) is 10.3. The molecule has 0 saturated carbocycles. The van der Waals surface area contributed by atoms with E-state index in [1.165, 1.54) is 24.8 Å². The van der Waals surface area contributed by atoms with Crippen molar-refractivity contribution in [2.24, 2.45) is 5.92 Å². The molecule has 0 atom stereocenters.